The topological polar surface area (TPSA) is 51.6 Å². The van der Waals surface area contributed by atoms with Crippen molar-refractivity contribution in [1.82, 2.24) is 19.9 Å². The van der Waals surface area contributed by atoms with Crippen LogP contribution in [0.1, 0.15) is 44.5 Å². The molecule has 0 unspecified atom stereocenters. The molecule has 0 aliphatic heterocycles. The molecule has 8 aromatic rings. The molecule has 4 nitrogen and oxygen atoms in total. The smallest absolute Gasteiger partial charge is 0.0973 e. The minimum atomic E-state index is 0.894. The Labute approximate surface area is 306 Å². The molecule has 254 valence electrons. The Balaban J connectivity index is 1.21. The van der Waals surface area contributed by atoms with Crippen LogP contribution in [0.25, 0.3) is 78.2 Å². The Kier molecular flexibility index (Phi) is 8.26. The molecule has 0 atom stereocenters. The van der Waals surface area contributed by atoms with E-state index in [1.54, 1.807) is 0 Å². The Morgan fingerprint density at radius 1 is 0.231 bits per heavy atom. The summed E-state index contributed by atoms with van der Waals surface area (Å²) in [6, 6.07) is 38.2. The number of benzene rings is 6. The van der Waals surface area contributed by atoms with E-state index in [9.17, 15) is 0 Å². The first kappa shape index (κ1) is 33.2. The van der Waals surface area contributed by atoms with Gasteiger partial charge in [-0.2, -0.15) is 0 Å². The van der Waals surface area contributed by atoms with Gasteiger partial charge in [0.15, 0.2) is 0 Å². The molecule has 0 fully saturated rings. The average Bonchev–Trinajstić information content (AvgIpc) is 3.20. The van der Waals surface area contributed by atoms with Crippen molar-refractivity contribution in [2.45, 2.75) is 55.4 Å². The summed E-state index contributed by atoms with van der Waals surface area (Å²) in [4.78, 5) is 21.3. The molecule has 0 N–H and O–H groups in total. The Morgan fingerprint density at radius 3 is 0.692 bits per heavy atom. The fourth-order valence-electron chi connectivity index (χ4n) is 7.39. The van der Waals surface area contributed by atoms with E-state index in [0.717, 1.165) is 78.2 Å². The number of rotatable bonds is 5. The highest BCUT2D eigenvalue weighted by atomic mass is 14.8. The van der Waals surface area contributed by atoms with E-state index in [4.69, 9.17) is 19.9 Å². The van der Waals surface area contributed by atoms with E-state index in [1.165, 1.54) is 44.5 Å². The third kappa shape index (κ3) is 5.47. The van der Waals surface area contributed by atoms with Crippen molar-refractivity contribution in [3.8, 4) is 56.2 Å². The minimum Gasteiger partial charge on any atom is -0.244 e. The van der Waals surface area contributed by atoms with Crippen molar-refractivity contribution < 1.29 is 0 Å². The van der Waals surface area contributed by atoms with Gasteiger partial charge in [-0.05, 0) is 111 Å². The van der Waals surface area contributed by atoms with Crippen LogP contribution < -0.4 is 0 Å². The monoisotopic (exact) mass is 674 g/mol. The van der Waals surface area contributed by atoms with Gasteiger partial charge < -0.3 is 0 Å². The molecule has 0 saturated heterocycles. The number of hydrogen-bond donors (Lipinski definition) is 0. The van der Waals surface area contributed by atoms with Crippen molar-refractivity contribution in [1.29, 1.82) is 0 Å². The zero-order valence-electron chi connectivity index (χ0n) is 31.2. The van der Waals surface area contributed by atoms with Gasteiger partial charge in [0.2, 0.25) is 0 Å². The molecule has 0 bridgehead atoms. The molecule has 8 rings (SSSR count). The lowest BCUT2D eigenvalue weighted by atomic mass is 9.95. The number of aryl methyl sites for hydroxylation is 4. The van der Waals surface area contributed by atoms with Gasteiger partial charge in [-0.3, -0.25) is 0 Å². The lowest BCUT2D eigenvalue weighted by Gasteiger charge is -2.17. The van der Waals surface area contributed by atoms with E-state index in [1.807, 2.05) is 12.1 Å². The Morgan fingerprint density at radius 2 is 0.442 bits per heavy atom. The molecule has 2 heterocycles. The fourth-order valence-corrected chi connectivity index (χ4v) is 7.39. The van der Waals surface area contributed by atoms with Crippen LogP contribution >= 0.6 is 0 Å². The van der Waals surface area contributed by atoms with Crippen LogP contribution in [0.3, 0.4) is 0 Å². The summed E-state index contributed by atoms with van der Waals surface area (Å²) in [5, 5.41) is 0. The third-order valence-corrected chi connectivity index (χ3v) is 11.3. The first-order chi connectivity index (χ1) is 25.1. The van der Waals surface area contributed by atoms with Gasteiger partial charge in [0, 0.05) is 22.3 Å². The maximum absolute atomic E-state index is 5.33. The van der Waals surface area contributed by atoms with Crippen LogP contribution in [0, 0.1) is 55.4 Å². The summed E-state index contributed by atoms with van der Waals surface area (Å²) in [6.07, 6.45) is 0. The number of fused-ring (bicyclic) bond motifs is 2. The average molecular weight is 675 g/mol. The molecule has 0 saturated carbocycles. The summed E-state index contributed by atoms with van der Waals surface area (Å²) in [7, 11) is 0. The molecular weight excluding hydrogens is 633 g/mol. The lowest BCUT2D eigenvalue weighted by Crippen LogP contribution is -2.02. The maximum Gasteiger partial charge on any atom is 0.0973 e. The standard InChI is InChI=1S/C48H42N4/c1-27-29(3)33(7)43-41(31(27)5)49-45(37-15-11-9-12-16-37)47(51-43)39-23-19-35(20-24-39)36-21-25-40(26-22-36)48-46(38-17-13-10-14-18-38)50-42-32(6)28(2)30(4)34(8)44(42)52-48/h9-26H,1-8H3. The highest BCUT2D eigenvalue weighted by Crippen LogP contribution is 2.38. The van der Waals surface area contributed by atoms with Crippen LogP contribution in [0.5, 0.6) is 0 Å². The zero-order valence-corrected chi connectivity index (χ0v) is 31.2. The van der Waals surface area contributed by atoms with Gasteiger partial charge in [0.1, 0.15) is 0 Å². The molecule has 0 aliphatic rings. The SMILES string of the molecule is Cc1c(C)c(C)c2nc(-c3ccc(-c4ccc(-c5nc6c(C)c(C)c(C)c(C)c6nc5-c5ccccc5)cc4)cc3)c(-c3ccccc3)nc2c1C. The second-order valence-corrected chi connectivity index (χ2v) is 14.1. The van der Waals surface area contributed by atoms with E-state index in [2.05, 4.69) is 152 Å². The number of aromatic nitrogens is 4. The lowest BCUT2D eigenvalue weighted by molar-refractivity contribution is 1.19. The van der Waals surface area contributed by atoms with Crippen molar-refractivity contribution in [3.05, 3.63) is 154 Å². The summed E-state index contributed by atoms with van der Waals surface area (Å²) < 4.78 is 0. The fraction of sp³-hybridized carbons (Fsp3) is 0.167. The summed E-state index contributed by atoms with van der Waals surface area (Å²) >= 11 is 0. The van der Waals surface area contributed by atoms with Crippen LogP contribution in [-0.4, -0.2) is 19.9 Å². The molecule has 0 aliphatic carbocycles. The van der Waals surface area contributed by atoms with Gasteiger partial charge in [-0.15, -0.1) is 0 Å². The predicted octanol–water partition coefficient (Wildman–Crippen LogP) is 12.4. The minimum absolute atomic E-state index is 0.894. The largest absolute Gasteiger partial charge is 0.244 e. The van der Waals surface area contributed by atoms with Crippen molar-refractivity contribution in [2.75, 3.05) is 0 Å². The van der Waals surface area contributed by atoms with Crippen molar-refractivity contribution >= 4 is 22.1 Å². The van der Waals surface area contributed by atoms with Crippen molar-refractivity contribution in [3.63, 3.8) is 0 Å². The summed E-state index contributed by atoms with van der Waals surface area (Å²) in [6.45, 7) is 17.4. The first-order valence-electron chi connectivity index (χ1n) is 18.0. The van der Waals surface area contributed by atoms with Gasteiger partial charge in [0.05, 0.1) is 44.8 Å². The molecule has 0 spiro atoms. The number of hydrogen-bond acceptors (Lipinski definition) is 4. The van der Waals surface area contributed by atoms with Gasteiger partial charge in [-0.1, -0.05) is 109 Å². The Hall–Kier alpha value is -6.00. The highest BCUT2D eigenvalue weighted by Gasteiger charge is 2.20. The summed E-state index contributed by atoms with van der Waals surface area (Å²) in [5.74, 6) is 0. The van der Waals surface area contributed by atoms with Crippen LogP contribution in [0.2, 0.25) is 0 Å². The Bertz CT molecular complexity index is 2470. The second kappa shape index (κ2) is 13.0. The molecule has 4 heteroatoms. The number of nitrogens with zero attached hydrogens (tertiary/aromatic N) is 4. The van der Waals surface area contributed by atoms with E-state index in [0.29, 0.717) is 0 Å². The normalized spacial score (nSPS) is 11.5. The molecule has 0 radical (unpaired) electrons. The van der Waals surface area contributed by atoms with E-state index in [-0.39, 0.29) is 0 Å². The van der Waals surface area contributed by atoms with E-state index < -0.39 is 0 Å². The van der Waals surface area contributed by atoms with E-state index >= 15 is 0 Å². The molecule has 0 amide bonds. The van der Waals surface area contributed by atoms with Gasteiger partial charge in [-0.25, -0.2) is 19.9 Å². The zero-order chi connectivity index (χ0) is 36.3. The third-order valence-electron chi connectivity index (χ3n) is 11.3. The van der Waals surface area contributed by atoms with Crippen LogP contribution in [-0.2, 0) is 0 Å². The van der Waals surface area contributed by atoms with Crippen molar-refractivity contribution in [2.24, 2.45) is 0 Å². The summed E-state index contributed by atoms with van der Waals surface area (Å²) in [5.41, 5.74) is 23.8. The van der Waals surface area contributed by atoms with Crippen LogP contribution in [0.4, 0.5) is 0 Å². The molecule has 2 aromatic heterocycles. The predicted molar refractivity (Wildman–Crippen MR) is 218 cm³/mol. The molecule has 52 heavy (non-hydrogen) atoms. The molecular formula is C48H42N4. The van der Waals surface area contributed by atoms with Crippen LogP contribution in [0.15, 0.2) is 109 Å². The second-order valence-electron chi connectivity index (χ2n) is 14.1. The molecule has 6 aromatic carbocycles. The van der Waals surface area contributed by atoms with Gasteiger partial charge in [0.25, 0.3) is 0 Å². The highest BCUT2D eigenvalue weighted by molar-refractivity contribution is 5.92. The maximum atomic E-state index is 5.33. The first-order valence-corrected chi connectivity index (χ1v) is 18.0. The van der Waals surface area contributed by atoms with Gasteiger partial charge >= 0.3 is 0 Å². The quantitative estimate of drug-likeness (QED) is 0.182.